The molecule has 3 aromatic rings. The van der Waals surface area contributed by atoms with Crippen LogP contribution in [0.15, 0.2) is 83.8 Å². The number of nitrogens with one attached hydrogen (secondary N) is 2. The van der Waals surface area contributed by atoms with E-state index in [1.807, 2.05) is 36.4 Å². The number of alkyl carbamates (subject to hydrolysis) is 1. The summed E-state index contributed by atoms with van der Waals surface area (Å²) in [6, 6.07) is 20.5. The van der Waals surface area contributed by atoms with E-state index < -0.39 is 40.1 Å². The molecular formula is C34H38N4O7S. The van der Waals surface area contributed by atoms with Crippen LogP contribution in [0.25, 0.3) is 0 Å². The largest absolute Gasteiger partial charge is 0.480 e. The zero-order valence-corrected chi connectivity index (χ0v) is 26.2. The first-order valence-corrected chi connectivity index (χ1v) is 17.1. The third-order valence-corrected chi connectivity index (χ3v) is 11.1. The Morgan fingerprint density at radius 3 is 2.30 bits per heavy atom. The number of piperidine rings is 4. The monoisotopic (exact) mass is 646 g/mol. The van der Waals surface area contributed by atoms with Gasteiger partial charge in [-0.15, -0.1) is 0 Å². The summed E-state index contributed by atoms with van der Waals surface area (Å²) in [5, 5.41) is 15.5. The van der Waals surface area contributed by atoms with Crippen LogP contribution in [0.1, 0.15) is 59.6 Å². The van der Waals surface area contributed by atoms with Gasteiger partial charge in [0.2, 0.25) is 10.0 Å². The van der Waals surface area contributed by atoms with E-state index in [1.54, 1.807) is 18.2 Å². The Morgan fingerprint density at radius 1 is 0.848 bits per heavy atom. The third kappa shape index (κ3) is 6.93. The minimum atomic E-state index is -4.14. The molecule has 0 unspecified atom stereocenters. The molecule has 11 nitrogen and oxygen atoms in total. The maximum Gasteiger partial charge on any atom is 0.408 e. The fraction of sp³-hybridized carbons (Fsp3) is 0.382. The molecule has 0 aliphatic carbocycles. The van der Waals surface area contributed by atoms with Crippen molar-refractivity contribution in [2.75, 3.05) is 31.5 Å². The highest BCUT2D eigenvalue weighted by molar-refractivity contribution is 7.89. The Bertz CT molecular complexity index is 1690. The van der Waals surface area contributed by atoms with Crippen molar-refractivity contribution in [3.05, 3.63) is 95.6 Å². The number of ether oxygens (including phenoxy) is 1. The van der Waals surface area contributed by atoms with Crippen molar-refractivity contribution in [3.63, 3.8) is 0 Å². The molecule has 3 atom stereocenters. The minimum absolute atomic E-state index is 0.104. The Labute approximate surface area is 268 Å². The topological polar surface area (TPSA) is 145 Å². The first-order valence-electron chi connectivity index (χ1n) is 15.7. The number of carbonyl (C=O) groups excluding carboxylic acids is 2. The second-order valence-corrected chi connectivity index (χ2v) is 14.0. The Morgan fingerprint density at radius 2 is 1.59 bits per heavy atom. The zero-order valence-electron chi connectivity index (χ0n) is 25.4. The van der Waals surface area contributed by atoms with Crippen LogP contribution in [-0.4, -0.2) is 79.0 Å². The van der Waals surface area contributed by atoms with Gasteiger partial charge < -0.3 is 20.5 Å². The Hall–Kier alpha value is -4.26. The number of carbonyl (C=O) groups is 3. The number of nitrogens with zero attached hydrogens (tertiary/aromatic N) is 2. The summed E-state index contributed by atoms with van der Waals surface area (Å²) in [6.45, 7) is 2.94. The van der Waals surface area contributed by atoms with Gasteiger partial charge in [0.25, 0.3) is 5.91 Å². The maximum atomic E-state index is 13.4. The molecule has 3 N–H and O–H groups in total. The predicted octanol–water partition coefficient (Wildman–Crippen LogP) is 4.48. The van der Waals surface area contributed by atoms with Gasteiger partial charge in [0.15, 0.2) is 0 Å². The summed E-state index contributed by atoms with van der Waals surface area (Å²) in [5.74, 6) is -1.35. The first kappa shape index (κ1) is 31.7. The SMILES string of the molecule is O=C(N[C@@H](c1ccccc1)c1cccc(NC(=O)c2cccc(S(=O)(=O)N3CCCC[C@H]3C(=O)O)c2)c1)O[C@H]1CN2CCC1CC2. The van der Waals surface area contributed by atoms with Gasteiger partial charge in [0, 0.05) is 24.3 Å². The lowest BCUT2D eigenvalue weighted by atomic mass is 9.86. The third-order valence-electron chi connectivity index (χ3n) is 9.17. The molecular weight excluding hydrogens is 608 g/mol. The molecule has 4 aliphatic heterocycles. The molecule has 4 heterocycles. The van der Waals surface area contributed by atoms with Crippen molar-refractivity contribution < 1.29 is 32.6 Å². The van der Waals surface area contributed by atoms with Crippen LogP contribution in [0, 0.1) is 5.92 Å². The molecule has 0 radical (unpaired) electrons. The van der Waals surface area contributed by atoms with Crippen LogP contribution in [0.2, 0.25) is 0 Å². The standard InChI is InChI=1S/C34H38N4O7S/c39-32(26-11-7-13-28(21-26)46(43,44)38-17-5-4-14-29(38)33(40)41)35-27-12-6-10-25(20-27)31(24-8-2-1-3-9-24)36-34(42)45-30-22-37-18-15-23(30)16-19-37/h1-3,6-13,20-21,23,29-31H,4-5,14-19,22H2,(H,35,39)(H,36,42)(H,40,41)/t29-,30-,31-/m0/s1. The van der Waals surface area contributed by atoms with Crippen LogP contribution in [0.3, 0.4) is 0 Å². The van der Waals surface area contributed by atoms with Crippen molar-refractivity contribution >= 4 is 33.7 Å². The number of anilines is 1. The molecule has 0 spiro atoms. The summed E-state index contributed by atoms with van der Waals surface area (Å²) in [4.78, 5) is 40.5. The number of aliphatic carboxylic acids is 1. The average Bonchev–Trinajstić information content (AvgIpc) is 3.08. The molecule has 7 rings (SSSR count). The number of benzene rings is 3. The molecule has 2 bridgehead atoms. The molecule has 46 heavy (non-hydrogen) atoms. The van der Waals surface area contributed by atoms with Gasteiger partial charge in [-0.1, -0.05) is 48.5 Å². The summed E-state index contributed by atoms with van der Waals surface area (Å²) >= 11 is 0. The lowest BCUT2D eigenvalue weighted by Gasteiger charge is -2.43. The number of carboxylic acid groups (broad SMARTS) is 1. The summed E-state index contributed by atoms with van der Waals surface area (Å²) < 4.78 is 33.8. The molecule has 2 amide bonds. The second-order valence-electron chi connectivity index (χ2n) is 12.1. The summed E-state index contributed by atoms with van der Waals surface area (Å²) in [7, 11) is -4.14. The number of rotatable bonds is 9. The fourth-order valence-corrected chi connectivity index (χ4v) is 8.41. The van der Waals surface area contributed by atoms with Gasteiger partial charge in [-0.25, -0.2) is 13.2 Å². The van der Waals surface area contributed by atoms with E-state index in [2.05, 4.69) is 15.5 Å². The lowest BCUT2D eigenvalue weighted by Crippen LogP contribution is -2.52. The van der Waals surface area contributed by atoms with Gasteiger partial charge in [-0.05, 0) is 92.6 Å². The Kier molecular flexibility index (Phi) is 9.39. The second kappa shape index (κ2) is 13.6. The van der Waals surface area contributed by atoms with E-state index in [4.69, 9.17) is 4.74 Å². The highest BCUT2D eigenvalue weighted by Crippen LogP contribution is 2.31. The average molecular weight is 647 g/mol. The molecule has 3 aromatic carbocycles. The van der Waals surface area contributed by atoms with E-state index in [-0.39, 0.29) is 29.5 Å². The van der Waals surface area contributed by atoms with Gasteiger partial charge in [-0.3, -0.25) is 14.5 Å². The molecule has 242 valence electrons. The van der Waals surface area contributed by atoms with Crippen molar-refractivity contribution in [2.24, 2.45) is 5.92 Å². The van der Waals surface area contributed by atoms with E-state index >= 15 is 0 Å². The van der Waals surface area contributed by atoms with Gasteiger partial charge in [0.05, 0.1) is 10.9 Å². The maximum absolute atomic E-state index is 13.4. The van der Waals surface area contributed by atoms with Gasteiger partial charge in [-0.2, -0.15) is 4.31 Å². The van der Waals surface area contributed by atoms with E-state index in [9.17, 15) is 27.9 Å². The molecule has 0 saturated carbocycles. The van der Waals surface area contributed by atoms with E-state index in [0.717, 1.165) is 47.9 Å². The normalized spacial score (nSPS) is 23.7. The number of hydrogen-bond acceptors (Lipinski definition) is 7. The fourth-order valence-electron chi connectivity index (χ4n) is 6.71. The highest BCUT2D eigenvalue weighted by Gasteiger charge is 2.38. The smallest absolute Gasteiger partial charge is 0.408 e. The number of fused-ring (bicyclic) bond motifs is 3. The zero-order chi connectivity index (χ0) is 32.3. The quantitative estimate of drug-likeness (QED) is 0.309. The first-order chi connectivity index (χ1) is 22.2. The summed E-state index contributed by atoms with van der Waals surface area (Å²) in [6.07, 6.45) is 2.84. The number of sulfonamides is 1. The van der Waals surface area contributed by atoms with Crippen molar-refractivity contribution in [1.29, 1.82) is 0 Å². The minimum Gasteiger partial charge on any atom is -0.480 e. The van der Waals surface area contributed by atoms with Crippen molar-refractivity contribution in [2.45, 2.75) is 55.2 Å². The number of hydrogen-bond donors (Lipinski definition) is 3. The van der Waals surface area contributed by atoms with Gasteiger partial charge in [0.1, 0.15) is 12.1 Å². The number of carboxylic acids is 1. The highest BCUT2D eigenvalue weighted by atomic mass is 32.2. The van der Waals surface area contributed by atoms with Crippen molar-refractivity contribution in [3.8, 4) is 0 Å². The predicted molar refractivity (Wildman–Crippen MR) is 171 cm³/mol. The van der Waals surface area contributed by atoms with Crippen LogP contribution in [-0.2, 0) is 19.6 Å². The van der Waals surface area contributed by atoms with Crippen LogP contribution in [0.4, 0.5) is 10.5 Å². The van der Waals surface area contributed by atoms with Crippen molar-refractivity contribution in [1.82, 2.24) is 14.5 Å². The van der Waals surface area contributed by atoms with Crippen LogP contribution < -0.4 is 10.6 Å². The molecule has 4 fully saturated rings. The molecule has 12 heteroatoms. The van der Waals surface area contributed by atoms with E-state index in [1.165, 1.54) is 24.3 Å². The van der Waals surface area contributed by atoms with E-state index in [0.29, 0.717) is 24.4 Å². The van der Waals surface area contributed by atoms with Crippen LogP contribution in [0.5, 0.6) is 0 Å². The molecule has 4 saturated heterocycles. The molecule has 0 aromatic heterocycles. The molecule has 4 aliphatic rings. The lowest BCUT2D eigenvalue weighted by molar-refractivity contribution is -0.142. The Balaban J connectivity index is 1.19. The number of amides is 2. The summed E-state index contributed by atoms with van der Waals surface area (Å²) in [5.41, 5.74) is 2.11. The van der Waals surface area contributed by atoms with Gasteiger partial charge >= 0.3 is 12.1 Å². The van der Waals surface area contributed by atoms with Crippen LogP contribution >= 0.6 is 0 Å².